The lowest BCUT2D eigenvalue weighted by Gasteiger charge is -2.16. The molecule has 0 aliphatic heterocycles. The summed E-state index contributed by atoms with van der Waals surface area (Å²) in [4.78, 5) is 9.10. The Morgan fingerprint density at radius 3 is 2.67 bits per heavy atom. The van der Waals surface area contributed by atoms with Crippen molar-refractivity contribution in [2.45, 2.75) is 32.7 Å². The molecule has 0 spiro atoms. The molecule has 4 nitrogen and oxygen atoms in total. The number of nitrogens with two attached hydrogens (primary N) is 2. The van der Waals surface area contributed by atoms with E-state index in [1.807, 2.05) is 6.07 Å². The molecule has 5 N–H and O–H groups in total. The van der Waals surface area contributed by atoms with Gasteiger partial charge in [0.25, 0.3) is 0 Å². The van der Waals surface area contributed by atoms with Crippen molar-refractivity contribution in [3.8, 4) is 10.6 Å². The molecule has 0 saturated carbocycles. The van der Waals surface area contributed by atoms with Crippen LogP contribution in [0, 0.1) is 0 Å². The lowest BCUT2D eigenvalue weighted by Crippen LogP contribution is -2.13. The Morgan fingerprint density at radius 1 is 1.24 bits per heavy atom. The maximum absolute atomic E-state index is 5.93. The lowest BCUT2D eigenvalue weighted by atomic mass is 9.91. The van der Waals surface area contributed by atoms with Gasteiger partial charge in [0, 0.05) is 22.9 Å². The Hall–Kier alpha value is -1.85. The second-order valence-electron chi connectivity index (χ2n) is 6.29. The van der Waals surface area contributed by atoms with Crippen LogP contribution in [0.4, 0.5) is 5.13 Å². The molecule has 0 unspecified atom stereocenters. The number of H-pyrrole nitrogens is 1. The highest BCUT2D eigenvalue weighted by Crippen LogP contribution is 2.38. The van der Waals surface area contributed by atoms with Gasteiger partial charge < -0.3 is 16.5 Å². The van der Waals surface area contributed by atoms with E-state index in [0.717, 1.165) is 27.3 Å². The van der Waals surface area contributed by atoms with Gasteiger partial charge in [-0.3, -0.25) is 0 Å². The van der Waals surface area contributed by atoms with Gasteiger partial charge in [-0.25, -0.2) is 4.98 Å². The van der Waals surface area contributed by atoms with Crippen LogP contribution < -0.4 is 11.5 Å². The number of hydrogen-bond donors (Lipinski definition) is 3. The average Bonchev–Trinajstić information content (AvgIpc) is 2.99. The highest BCUT2D eigenvalue weighted by molar-refractivity contribution is 7.18. The number of nitrogens with one attached hydrogen (secondary N) is 1. The Balaban J connectivity index is 2.17. The van der Waals surface area contributed by atoms with E-state index in [1.165, 1.54) is 16.7 Å². The minimum absolute atomic E-state index is 0.0385. The van der Waals surface area contributed by atoms with Crippen LogP contribution in [0.3, 0.4) is 0 Å². The Kier molecular flexibility index (Phi) is 3.26. The second kappa shape index (κ2) is 4.86. The summed E-state index contributed by atoms with van der Waals surface area (Å²) in [6, 6.07) is 8.39. The predicted octanol–water partition coefficient (Wildman–Crippen LogP) is 3.63. The summed E-state index contributed by atoms with van der Waals surface area (Å²) >= 11 is 1.53. The Labute approximate surface area is 128 Å². The van der Waals surface area contributed by atoms with Crippen molar-refractivity contribution < 1.29 is 0 Å². The molecule has 2 aromatic heterocycles. The normalized spacial score (nSPS) is 12.2. The number of nitrogens with zero attached hydrogens (tertiary/aromatic N) is 1. The first kappa shape index (κ1) is 14.1. The first-order chi connectivity index (χ1) is 9.88. The molecule has 0 saturated heterocycles. The minimum atomic E-state index is -0.0385. The molecule has 110 valence electrons. The van der Waals surface area contributed by atoms with Crippen LogP contribution in [0.15, 0.2) is 24.3 Å². The number of aromatic amines is 1. The number of anilines is 1. The van der Waals surface area contributed by atoms with Gasteiger partial charge in [-0.2, -0.15) is 0 Å². The predicted molar refractivity (Wildman–Crippen MR) is 90.4 cm³/mol. The lowest BCUT2D eigenvalue weighted by molar-refractivity contribution is 0.575. The van der Waals surface area contributed by atoms with Crippen LogP contribution in [0.2, 0.25) is 0 Å². The van der Waals surface area contributed by atoms with E-state index in [4.69, 9.17) is 11.5 Å². The molecule has 21 heavy (non-hydrogen) atoms. The largest absolute Gasteiger partial charge is 0.375 e. The van der Waals surface area contributed by atoms with Crippen LogP contribution in [-0.2, 0) is 12.0 Å². The highest BCUT2D eigenvalue weighted by Gasteiger charge is 2.24. The van der Waals surface area contributed by atoms with Gasteiger partial charge in [-0.15, -0.1) is 0 Å². The molecule has 0 aliphatic rings. The van der Waals surface area contributed by atoms with Crippen molar-refractivity contribution in [3.63, 3.8) is 0 Å². The molecule has 1 aromatic carbocycles. The quantitative estimate of drug-likeness (QED) is 0.676. The monoisotopic (exact) mass is 300 g/mol. The smallest absolute Gasteiger partial charge is 0.180 e. The first-order valence-electron chi connectivity index (χ1n) is 6.97. The molecule has 0 amide bonds. The third-order valence-corrected chi connectivity index (χ3v) is 4.44. The Bertz CT molecular complexity index is 792. The molecule has 0 fully saturated rings. The third-order valence-electron chi connectivity index (χ3n) is 3.52. The number of hydrogen-bond acceptors (Lipinski definition) is 4. The van der Waals surface area contributed by atoms with Gasteiger partial charge in [0.1, 0.15) is 0 Å². The van der Waals surface area contributed by atoms with Crippen LogP contribution in [0.25, 0.3) is 21.5 Å². The van der Waals surface area contributed by atoms with Crippen molar-refractivity contribution in [1.82, 2.24) is 9.97 Å². The van der Waals surface area contributed by atoms with Crippen molar-refractivity contribution in [2.75, 3.05) is 5.73 Å². The molecule has 0 radical (unpaired) electrons. The third kappa shape index (κ3) is 2.54. The summed E-state index contributed by atoms with van der Waals surface area (Å²) in [6.45, 7) is 7.01. The van der Waals surface area contributed by atoms with Gasteiger partial charge in [-0.05, 0) is 23.8 Å². The van der Waals surface area contributed by atoms with Gasteiger partial charge >= 0.3 is 0 Å². The van der Waals surface area contributed by atoms with E-state index in [1.54, 1.807) is 0 Å². The van der Waals surface area contributed by atoms with Crippen LogP contribution in [-0.4, -0.2) is 9.97 Å². The Morgan fingerprint density at radius 2 is 2.00 bits per heavy atom. The first-order valence-corrected chi connectivity index (χ1v) is 7.79. The van der Waals surface area contributed by atoms with Crippen molar-refractivity contribution in [1.29, 1.82) is 0 Å². The van der Waals surface area contributed by atoms with Gasteiger partial charge in [0.15, 0.2) is 5.13 Å². The molecule has 5 heteroatoms. The zero-order chi connectivity index (χ0) is 15.2. The van der Waals surface area contributed by atoms with Crippen molar-refractivity contribution >= 4 is 27.4 Å². The van der Waals surface area contributed by atoms with E-state index < -0.39 is 0 Å². The number of aromatic nitrogens is 2. The second-order valence-corrected chi connectivity index (χ2v) is 7.32. The summed E-state index contributed by atoms with van der Waals surface area (Å²) in [6.07, 6.45) is 0. The minimum Gasteiger partial charge on any atom is -0.375 e. The molecule has 3 aromatic rings. The zero-order valence-electron chi connectivity index (χ0n) is 12.5. The van der Waals surface area contributed by atoms with Gasteiger partial charge in [-0.1, -0.05) is 38.2 Å². The van der Waals surface area contributed by atoms with E-state index in [2.05, 4.69) is 48.9 Å². The number of benzene rings is 1. The van der Waals surface area contributed by atoms with Crippen LogP contribution >= 0.6 is 11.3 Å². The molecular formula is C16H20N4S. The molecule has 0 bridgehead atoms. The molecule has 2 heterocycles. The summed E-state index contributed by atoms with van der Waals surface area (Å²) < 4.78 is 0. The molecular weight excluding hydrogens is 280 g/mol. The standard InChI is InChI=1S/C16H20N4S/c1-16(2,3)14-13(21-15(18)20-14)12-7-10-6-9(8-17)4-5-11(10)19-12/h4-7,19H,8,17H2,1-3H3,(H2,18,20). The van der Waals surface area contributed by atoms with E-state index >= 15 is 0 Å². The van der Waals surface area contributed by atoms with Gasteiger partial charge in [0.05, 0.1) is 16.3 Å². The topological polar surface area (TPSA) is 80.7 Å². The summed E-state index contributed by atoms with van der Waals surface area (Å²) in [5.41, 5.74) is 15.9. The van der Waals surface area contributed by atoms with E-state index in [9.17, 15) is 0 Å². The summed E-state index contributed by atoms with van der Waals surface area (Å²) in [5, 5.41) is 1.77. The average molecular weight is 300 g/mol. The fourth-order valence-electron chi connectivity index (χ4n) is 2.46. The van der Waals surface area contributed by atoms with Crippen molar-refractivity contribution in [2.24, 2.45) is 5.73 Å². The number of rotatable bonds is 2. The number of thiazole rings is 1. The maximum Gasteiger partial charge on any atom is 0.180 e. The highest BCUT2D eigenvalue weighted by atomic mass is 32.1. The maximum atomic E-state index is 5.93. The summed E-state index contributed by atoms with van der Waals surface area (Å²) in [5.74, 6) is 0. The number of fused-ring (bicyclic) bond motifs is 1. The summed E-state index contributed by atoms with van der Waals surface area (Å²) in [7, 11) is 0. The van der Waals surface area contributed by atoms with Gasteiger partial charge in [0.2, 0.25) is 0 Å². The molecule has 0 atom stereocenters. The molecule has 3 rings (SSSR count). The SMILES string of the molecule is CC(C)(C)c1nc(N)sc1-c1cc2cc(CN)ccc2[nH]1. The van der Waals surface area contributed by atoms with Crippen molar-refractivity contribution in [3.05, 3.63) is 35.5 Å². The van der Waals surface area contributed by atoms with E-state index in [0.29, 0.717) is 11.7 Å². The van der Waals surface area contributed by atoms with E-state index in [-0.39, 0.29) is 5.41 Å². The zero-order valence-corrected chi connectivity index (χ0v) is 13.3. The van der Waals surface area contributed by atoms with Crippen LogP contribution in [0.1, 0.15) is 32.0 Å². The fourth-order valence-corrected chi connectivity index (χ4v) is 3.47. The number of nitrogen functional groups attached to an aromatic ring is 1. The van der Waals surface area contributed by atoms with Crippen LogP contribution in [0.5, 0.6) is 0 Å². The molecule has 0 aliphatic carbocycles. The fraction of sp³-hybridized carbons (Fsp3) is 0.312.